The average molecular weight is 214 g/mol. The van der Waals surface area contributed by atoms with Gasteiger partial charge in [0.1, 0.15) is 5.69 Å². The minimum Gasteiger partial charge on any atom is -0.359 e. The normalized spacial score (nSPS) is 10.0. The Morgan fingerprint density at radius 3 is 2.88 bits per heavy atom. The first kappa shape index (κ1) is 10.2. The van der Waals surface area contributed by atoms with E-state index in [-0.39, 0.29) is 11.1 Å². The van der Waals surface area contributed by atoms with E-state index in [2.05, 4.69) is 16.9 Å². The number of anilines is 1. The number of aromatic amines is 1. The predicted octanol–water partition coefficient (Wildman–Crippen LogP) is 1.65. The summed E-state index contributed by atoms with van der Waals surface area (Å²) in [5.41, 5.74) is 0.761. The molecule has 4 heteroatoms. The minimum absolute atomic E-state index is 0.204. The van der Waals surface area contributed by atoms with Gasteiger partial charge in [0.15, 0.2) is 0 Å². The Morgan fingerprint density at radius 1 is 1.38 bits per heavy atom. The SMILES string of the molecule is C=CC(=O)Nc1c[nH]c2ccccc2c1=O. The molecule has 1 amide bonds. The average Bonchev–Trinajstić information content (AvgIpc) is 2.33. The fourth-order valence-electron chi connectivity index (χ4n) is 1.44. The van der Waals surface area contributed by atoms with Crippen molar-refractivity contribution in [2.24, 2.45) is 0 Å². The number of pyridine rings is 1. The Hall–Kier alpha value is -2.36. The fourth-order valence-corrected chi connectivity index (χ4v) is 1.44. The summed E-state index contributed by atoms with van der Waals surface area (Å²) in [6.07, 6.45) is 2.60. The summed E-state index contributed by atoms with van der Waals surface area (Å²) in [6.45, 7) is 3.32. The smallest absolute Gasteiger partial charge is 0.247 e. The van der Waals surface area contributed by atoms with Crippen LogP contribution in [0.4, 0.5) is 5.69 Å². The van der Waals surface area contributed by atoms with Gasteiger partial charge in [0.05, 0.1) is 0 Å². The lowest BCUT2D eigenvalue weighted by molar-refractivity contribution is -0.111. The van der Waals surface area contributed by atoms with E-state index in [1.165, 1.54) is 6.20 Å². The van der Waals surface area contributed by atoms with Crippen molar-refractivity contribution >= 4 is 22.5 Å². The van der Waals surface area contributed by atoms with Gasteiger partial charge in [-0.15, -0.1) is 0 Å². The first-order chi connectivity index (χ1) is 7.72. The van der Waals surface area contributed by atoms with E-state index >= 15 is 0 Å². The van der Waals surface area contributed by atoms with Crippen LogP contribution in [0.2, 0.25) is 0 Å². The lowest BCUT2D eigenvalue weighted by atomic mass is 10.2. The second-order valence-corrected chi connectivity index (χ2v) is 3.27. The topological polar surface area (TPSA) is 62.0 Å². The van der Waals surface area contributed by atoms with Gasteiger partial charge in [0.2, 0.25) is 11.3 Å². The molecule has 0 bridgehead atoms. The molecule has 0 radical (unpaired) electrons. The van der Waals surface area contributed by atoms with Crippen molar-refractivity contribution in [2.75, 3.05) is 5.32 Å². The summed E-state index contributed by atoms with van der Waals surface area (Å²) >= 11 is 0. The molecular weight excluding hydrogens is 204 g/mol. The van der Waals surface area contributed by atoms with Crippen molar-refractivity contribution < 1.29 is 4.79 Å². The van der Waals surface area contributed by atoms with Gasteiger partial charge in [-0.1, -0.05) is 18.7 Å². The first-order valence-corrected chi connectivity index (χ1v) is 4.76. The number of rotatable bonds is 2. The van der Waals surface area contributed by atoms with Crippen molar-refractivity contribution in [1.82, 2.24) is 4.98 Å². The highest BCUT2D eigenvalue weighted by molar-refractivity contribution is 5.99. The van der Waals surface area contributed by atoms with Gasteiger partial charge in [-0.05, 0) is 18.2 Å². The number of H-pyrrole nitrogens is 1. The Balaban J connectivity index is 2.57. The van der Waals surface area contributed by atoms with Gasteiger partial charge in [-0.3, -0.25) is 9.59 Å². The zero-order chi connectivity index (χ0) is 11.5. The highest BCUT2D eigenvalue weighted by Crippen LogP contribution is 2.09. The molecule has 1 aromatic carbocycles. The quantitative estimate of drug-likeness (QED) is 0.747. The third kappa shape index (κ3) is 1.72. The molecule has 0 saturated heterocycles. The van der Waals surface area contributed by atoms with Crippen LogP contribution in [0, 0.1) is 0 Å². The summed E-state index contributed by atoms with van der Waals surface area (Å²) in [4.78, 5) is 25.9. The highest BCUT2D eigenvalue weighted by atomic mass is 16.2. The Labute approximate surface area is 91.6 Å². The molecular formula is C12H10N2O2. The predicted molar refractivity (Wildman–Crippen MR) is 63.4 cm³/mol. The third-order valence-corrected chi connectivity index (χ3v) is 2.23. The van der Waals surface area contributed by atoms with Gasteiger partial charge in [0.25, 0.3) is 0 Å². The van der Waals surface area contributed by atoms with Crippen LogP contribution in [-0.2, 0) is 4.79 Å². The maximum absolute atomic E-state index is 11.9. The number of hydrogen-bond donors (Lipinski definition) is 2. The number of fused-ring (bicyclic) bond motifs is 1. The summed E-state index contributed by atoms with van der Waals surface area (Å²) in [5.74, 6) is -0.402. The number of aromatic nitrogens is 1. The summed E-state index contributed by atoms with van der Waals surface area (Å²) < 4.78 is 0. The van der Waals surface area contributed by atoms with E-state index in [4.69, 9.17) is 0 Å². The van der Waals surface area contributed by atoms with E-state index in [1.54, 1.807) is 18.2 Å². The molecule has 0 aliphatic carbocycles. The molecule has 1 aromatic heterocycles. The lowest BCUT2D eigenvalue weighted by Gasteiger charge is -2.03. The number of carbonyl (C=O) groups excluding carboxylic acids is 1. The van der Waals surface area contributed by atoms with Crippen molar-refractivity contribution in [3.63, 3.8) is 0 Å². The Morgan fingerprint density at radius 2 is 2.12 bits per heavy atom. The van der Waals surface area contributed by atoms with E-state index in [1.807, 2.05) is 6.07 Å². The fraction of sp³-hybridized carbons (Fsp3) is 0. The molecule has 0 saturated carbocycles. The van der Waals surface area contributed by atoms with Crippen LogP contribution in [0.5, 0.6) is 0 Å². The number of hydrogen-bond acceptors (Lipinski definition) is 2. The van der Waals surface area contributed by atoms with Crippen molar-refractivity contribution in [3.8, 4) is 0 Å². The van der Waals surface area contributed by atoms with Crippen LogP contribution in [0.1, 0.15) is 0 Å². The molecule has 1 heterocycles. The number of benzene rings is 1. The Kier molecular flexibility index (Phi) is 2.55. The molecule has 0 aliphatic heterocycles. The maximum atomic E-state index is 11.9. The zero-order valence-electron chi connectivity index (χ0n) is 8.49. The number of amides is 1. The number of nitrogens with one attached hydrogen (secondary N) is 2. The monoisotopic (exact) mass is 214 g/mol. The molecule has 0 aliphatic rings. The van der Waals surface area contributed by atoms with Gasteiger partial charge >= 0.3 is 0 Å². The molecule has 0 fully saturated rings. The first-order valence-electron chi connectivity index (χ1n) is 4.76. The van der Waals surface area contributed by atoms with Gasteiger partial charge in [-0.2, -0.15) is 0 Å². The van der Waals surface area contributed by atoms with Crippen molar-refractivity contribution in [1.29, 1.82) is 0 Å². The molecule has 2 rings (SSSR count). The molecule has 16 heavy (non-hydrogen) atoms. The maximum Gasteiger partial charge on any atom is 0.247 e. The zero-order valence-corrected chi connectivity index (χ0v) is 8.49. The number of carbonyl (C=O) groups is 1. The van der Waals surface area contributed by atoms with E-state index in [0.717, 1.165) is 11.6 Å². The molecule has 2 aromatic rings. The van der Waals surface area contributed by atoms with Gasteiger partial charge in [0, 0.05) is 17.1 Å². The van der Waals surface area contributed by atoms with Crippen LogP contribution < -0.4 is 10.7 Å². The largest absolute Gasteiger partial charge is 0.359 e. The van der Waals surface area contributed by atoms with E-state index in [0.29, 0.717) is 5.39 Å². The molecule has 0 spiro atoms. The van der Waals surface area contributed by atoms with Gasteiger partial charge < -0.3 is 10.3 Å². The van der Waals surface area contributed by atoms with E-state index in [9.17, 15) is 9.59 Å². The molecule has 0 unspecified atom stereocenters. The molecule has 80 valence electrons. The molecule has 4 nitrogen and oxygen atoms in total. The molecule has 2 N–H and O–H groups in total. The standard InChI is InChI=1S/C12H10N2O2/c1-2-11(15)14-10-7-13-9-6-4-3-5-8(9)12(10)16/h2-7H,1H2,(H,13,16)(H,14,15). The van der Waals surface area contributed by atoms with E-state index < -0.39 is 5.91 Å². The highest BCUT2D eigenvalue weighted by Gasteiger charge is 2.05. The van der Waals surface area contributed by atoms with Gasteiger partial charge in [-0.25, -0.2) is 0 Å². The Bertz CT molecular complexity index is 614. The third-order valence-electron chi connectivity index (χ3n) is 2.23. The van der Waals surface area contributed by atoms with Crippen LogP contribution in [0.3, 0.4) is 0 Å². The van der Waals surface area contributed by atoms with Crippen molar-refractivity contribution in [3.05, 3.63) is 53.3 Å². The van der Waals surface area contributed by atoms with Crippen LogP contribution in [0.15, 0.2) is 47.9 Å². The second-order valence-electron chi connectivity index (χ2n) is 3.27. The minimum atomic E-state index is -0.402. The lowest BCUT2D eigenvalue weighted by Crippen LogP contribution is -2.16. The van der Waals surface area contributed by atoms with Crippen molar-refractivity contribution in [2.45, 2.75) is 0 Å². The second kappa shape index (κ2) is 4.02. The summed E-state index contributed by atoms with van der Waals surface area (Å²) in [6, 6.07) is 7.12. The number of para-hydroxylation sites is 1. The molecule has 0 atom stereocenters. The summed E-state index contributed by atoms with van der Waals surface area (Å²) in [7, 11) is 0. The van der Waals surface area contributed by atoms with Crippen LogP contribution in [0.25, 0.3) is 10.9 Å². The van der Waals surface area contributed by atoms with Crippen LogP contribution >= 0.6 is 0 Å². The van der Waals surface area contributed by atoms with Crippen LogP contribution in [-0.4, -0.2) is 10.9 Å². The summed E-state index contributed by atoms with van der Waals surface area (Å²) in [5, 5.41) is 3.00.